The van der Waals surface area contributed by atoms with E-state index < -0.39 is 4.92 Å². The maximum Gasteiger partial charge on any atom is 0.287 e. The molecule has 21 heavy (non-hydrogen) atoms. The molecule has 0 N–H and O–H groups in total. The molecule has 0 spiro atoms. The van der Waals surface area contributed by atoms with Crippen molar-refractivity contribution in [2.24, 2.45) is 0 Å². The van der Waals surface area contributed by atoms with Crippen LogP contribution in [0, 0.1) is 10.1 Å². The first-order chi connectivity index (χ1) is 10.1. The number of rotatable bonds is 3. The zero-order chi connectivity index (χ0) is 14.8. The lowest BCUT2D eigenvalue weighted by Gasteiger charge is -2.06. The fourth-order valence-electron chi connectivity index (χ4n) is 1.73. The van der Waals surface area contributed by atoms with Crippen molar-refractivity contribution in [3.8, 4) is 11.8 Å². The molecule has 0 bridgehead atoms. The van der Waals surface area contributed by atoms with Crippen molar-refractivity contribution in [2.45, 2.75) is 0 Å². The average Bonchev–Trinajstić information content (AvgIpc) is 2.47. The summed E-state index contributed by atoms with van der Waals surface area (Å²) in [5.41, 5.74) is 0.524. The number of nitro groups is 1. The van der Waals surface area contributed by atoms with E-state index in [9.17, 15) is 10.1 Å². The van der Waals surface area contributed by atoms with Crippen molar-refractivity contribution in [1.29, 1.82) is 0 Å². The fourth-order valence-corrected chi connectivity index (χ4v) is 1.89. The van der Waals surface area contributed by atoms with Gasteiger partial charge in [0.2, 0.25) is 11.8 Å². The van der Waals surface area contributed by atoms with Gasteiger partial charge in [0.15, 0.2) is 0 Å². The predicted octanol–water partition coefficient (Wildman–Crippen LogP) is 3.38. The van der Waals surface area contributed by atoms with Gasteiger partial charge in [-0.2, -0.15) is 0 Å². The Morgan fingerprint density at radius 3 is 2.71 bits per heavy atom. The van der Waals surface area contributed by atoms with E-state index in [1.807, 2.05) is 0 Å². The number of benzene rings is 1. The van der Waals surface area contributed by atoms with E-state index in [1.165, 1.54) is 18.5 Å². The minimum absolute atomic E-state index is 0.110. The first-order valence-electron chi connectivity index (χ1n) is 5.82. The van der Waals surface area contributed by atoms with Crippen molar-refractivity contribution >= 4 is 28.2 Å². The van der Waals surface area contributed by atoms with Gasteiger partial charge >= 0.3 is 0 Å². The zero-order valence-corrected chi connectivity index (χ0v) is 11.2. The highest BCUT2D eigenvalue weighted by atomic mass is 35.5. The van der Waals surface area contributed by atoms with Crippen LogP contribution in [0.25, 0.3) is 10.9 Å². The molecule has 0 radical (unpaired) electrons. The second kappa shape index (κ2) is 5.29. The van der Waals surface area contributed by atoms with E-state index in [0.29, 0.717) is 21.8 Å². The molecule has 0 fully saturated rings. The molecule has 0 unspecified atom stereocenters. The normalized spacial score (nSPS) is 10.5. The molecule has 8 heteroatoms. The summed E-state index contributed by atoms with van der Waals surface area (Å²) in [7, 11) is 0. The Kier molecular flexibility index (Phi) is 3.33. The third kappa shape index (κ3) is 2.72. The van der Waals surface area contributed by atoms with E-state index in [4.69, 9.17) is 16.3 Å². The van der Waals surface area contributed by atoms with Crippen molar-refractivity contribution < 1.29 is 9.66 Å². The molecular formula is C13H7ClN4O3. The molecule has 3 rings (SSSR count). The Bertz CT molecular complexity index is 823. The van der Waals surface area contributed by atoms with Crippen LogP contribution in [0.5, 0.6) is 11.8 Å². The largest absolute Gasteiger partial charge is 0.420 e. The maximum atomic E-state index is 10.6. The first-order valence-corrected chi connectivity index (χ1v) is 6.20. The Morgan fingerprint density at radius 2 is 2.00 bits per heavy atom. The second-order valence-corrected chi connectivity index (χ2v) is 4.49. The van der Waals surface area contributed by atoms with Gasteiger partial charge in [-0.15, -0.1) is 0 Å². The van der Waals surface area contributed by atoms with Gasteiger partial charge in [-0.25, -0.2) is 15.0 Å². The van der Waals surface area contributed by atoms with Gasteiger partial charge in [0.25, 0.3) is 5.69 Å². The summed E-state index contributed by atoms with van der Waals surface area (Å²) in [5.74, 6) is 0.508. The van der Waals surface area contributed by atoms with Gasteiger partial charge in [-0.3, -0.25) is 10.1 Å². The number of hydrogen-bond donors (Lipinski definition) is 0. The summed E-state index contributed by atoms with van der Waals surface area (Å²) in [4.78, 5) is 22.0. The highest BCUT2D eigenvalue weighted by molar-refractivity contribution is 6.31. The Labute approximate surface area is 123 Å². The number of pyridine rings is 1. The fraction of sp³-hybridized carbons (Fsp3) is 0. The summed E-state index contributed by atoms with van der Waals surface area (Å²) < 4.78 is 5.54. The van der Waals surface area contributed by atoms with Crippen LogP contribution < -0.4 is 4.74 Å². The van der Waals surface area contributed by atoms with Gasteiger partial charge in [-0.1, -0.05) is 11.6 Å². The Hall–Kier alpha value is -2.80. The molecule has 7 nitrogen and oxygen atoms in total. The highest BCUT2D eigenvalue weighted by Gasteiger charge is 2.10. The highest BCUT2D eigenvalue weighted by Crippen LogP contribution is 2.27. The molecule has 3 aromatic rings. The van der Waals surface area contributed by atoms with Crippen LogP contribution in [-0.2, 0) is 0 Å². The number of ether oxygens (including phenoxy) is 1. The van der Waals surface area contributed by atoms with E-state index in [-0.39, 0.29) is 11.6 Å². The molecule has 1 aromatic carbocycles. The molecule has 0 aliphatic carbocycles. The molecule has 104 valence electrons. The molecular weight excluding hydrogens is 296 g/mol. The maximum absolute atomic E-state index is 10.6. The van der Waals surface area contributed by atoms with E-state index in [1.54, 1.807) is 18.2 Å². The van der Waals surface area contributed by atoms with Crippen molar-refractivity contribution in [1.82, 2.24) is 15.0 Å². The van der Waals surface area contributed by atoms with E-state index in [0.717, 1.165) is 6.20 Å². The Morgan fingerprint density at radius 1 is 1.14 bits per heavy atom. The lowest BCUT2D eigenvalue weighted by Crippen LogP contribution is -1.94. The zero-order valence-electron chi connectivity index (χ0n) is 10.4. The molecule has 0 aliphatic heterocycles. The van der Waals surface area contributed by atoms with Gasteiger partial charge in [0.05, 0.1) is 15.8 Å². The summed E-state index contributed by atoms with van der Waals surface area (Å²) in [6, 6.07) is 7.83. The first kappa shape index (κ1) is 13.2. The molecule has 2 aromatic heterocycles. The summed E-state index contributed by atoms with van der Waals surface area (Å²) in [6.07, 6.45) is 2.47. The molecule has 0 atom stereocenters. The summed E-state index contributed by atoms with van der Waals surface area (Å²) in [6.45, 7) is 0. The van der Waals surface area contributed by atoms with Crippen LogP contribution in [0.2, 0.25) is 5.02 Å². The Balaban J connectivity index is 1.96. The number of nitrogens with zero attached hydrogens (tertiary/aromatic N) is 4. The van der Waals surface area contributed by atoms with Crippen molar-refractivity contribution in [3.05, 3.63) is 58.0 Å². The van der Waals surface area contributed by atoms with Gasteiger partial charge < -0.3 is 4.74 Å². The molecule has 0 saturated carbocycles. The lowest BCUT2D eigenvalue weighted by molar-refractivity contribution is -0.385. The predicted molar refractivity (Wildman–Crippen MR) is 75.5 cm³/mol. The molecule has 2 heterocycles. The number of aromatic nitrogens is 3. The van der Waals surface area contributed by atoms with Gasteiger partial charge in [-0.05, 0) is 18.2 Å². The van der Waals surface area contributed by atoms with Crippen LogP contribution >= 0.6 is 11.6 Å². The lowest BCUT2D eigenvalue weighted by atomic mass is 10.2. The number of halogens is 1. The van der Waals surface area contributed by atoms with E-state index >= 15 is 0 Å². The molecule has 0 saturated heterocycles. The molecule has 0 aliphatic rings. The number of fused-ring (bicyclic) bond motifs is 1. The topological polar surface area (TPSA) is 91.0 Å². The van der Waals surface area contributed by atoms with Crippen LogP contribution in [0.15, 0.2) is 42.9 Å². The summed E-state index contributed by atoms with van der Waals surface area (Å²) in [5, 5.41) is 11.8. The third-order valence-corrected chi connectivity index (χ3v) is 2.93. The van der Waals surface area contributed by atoms with Crippen LogP contribution in [-0.4, -0.2) is 19.9 Å². The second-order valence-electron chi connectivity index (χ2n) is 4.05. The summed E-state index contributed by atoms with van der Waals surface area (Å²) >= 11 is 5.90. The van der Waals surface area contributed by atoms with Gasteiger partial charge in [0.1, 0.15) is 12.5 Å². The smallest absolute Gasteiger partial charge is 0.287 e. The minimum atomic E-state index is -0.529. The van der Waals surface area contributed by atoms with Crippen LogP contribution in [0.4, 0.5) is 5.69 Å². The van der Waals surface area contributed by atoms with Gasteiger partial charge in [0, 0.05) is 17.2 Å². The third-order valence-electron chi connectivity index (χ3n) is 2.69. The molecule has 0 amide bonds. The van der Waals surface area contributed by atoms with E-state index in [2.05, 4.69) is 15.0 Å². The monoisotopic (exact) mass is 302 g/mol. The van der Waals surface area contributed by atoms with Crippen molar-refractivity contribution in [2.75, 3.05) is 0 Å². The minimum Gasteiger partial charge on any atom is -0.420 e. The van der Waals surface area contributed by atoms with Crippen LogP contribution in [0.1, 0.15) is 0 Å². The average molecular weight is 303 g/mol. The quantitative estimate of drug-likeness (QED) is 0.544. The standard InChI is InChI=1S/C13H7ClN4O3/c14-8-1-3-10-11(5-8)16-7-17-13(10)21-12-4-2-9(6-15-12)18(19)20/h1-7H. The van der Waals surface area contributed by atoms with Crippen molar-refractivity contribution in [3.63, 3.8) is 0 Å². The van der Waals surface area contributed by atoms with Crippen LogP contribution in [0.3, 0.4) is 0 Å². The SMILES string of the molecule is O=[N+]([O-])c1ccc(Oc2ncnc3cc(Cl)ccc23)nc1. The number of hydrogen-bond acceptors (Lipinski definition) is 6.